The molecule has 192 valence electrons. The fraction of sp³-hybridized carbons (Fsp3) is 0.429. The summed E-state index contributed by atoms with van der Waals surface area (Å²) in [6, 6.07) is 11.2. The minimum Gasteiger partial charge on any atom is -0.491 e. The molecule has 2 aromatic carbocycles. The molecule has 0 radical (unpaired) electrons. The zero-order valence-corrected chi connectivity index (χ0v) is 20.8. The van der Waals surface area contributed by atoms with Gasteiger partial charge < -0.3 is 25.9 Å². The summed E-state index contributed by atoms with van der Waals surface area (Å²) in [7, 11) is 0. The van der Waals surface area contributed by atoms with E-state index in [0.29, 0.717) is 42.9 Å². The van der Waals surface area contributed by atoms with E-state index in [0.717, 1.165) is 36.8 Å². The molecule has 0 spiro atoms. The third kappa shape index (κ3) is 6.63. The molecule has 4 rings (SSSR count). The van der Waals surface area contributed by atoms with E-state index < -0.39 is 5.60 Å². The Labute approximate surface area is 211 Å². The van der Waals surface area contributed by atoms with Gasteiger partial charge in [0.2, 0.25) is 0 Å². The van der Waals surface area contributed by atoms with Crippen molar-refractivity contribution in [3.05, 3.63) is 65.5 Å². The van der Waals surface area contributed by atoms with Crippen LogP contribution in [0.15, 0.2) is 53.6 Å². The lowest BCUT2D eigenvalue weighted by atomic mass is 9.91. The molecule has 0 aliphatic carbocycles. The van der Waals surface area contributed by atoms with E-state index in [9.17, 15) is 14.3 Å². The van der Waals surface area contributed by atoms with Crippen LogP contribution < -0.4 is 15.9 Å². The Morgan fingerprint density at radius 3 is 2.72 bits per heavy atom. The van der Waals surface area contributed by atoms with Crippen LogP contribution in [0, 0.1) is 5.82 Å². The number of aliphatic hydroxyl groups is 1. The first-order chi connectivity index (χ1) is 17.3. The largest absolute Gasteiger partial charge is 0.491 e. The number of nitrogens with zero attached hydrogens (tertiary/aromatic N) is 2. The highest BCUT2D eigenvalue weighted by Crippen LogP contribution is 2.30. The van der Waals surface area contributed by atoms with Gasteiger partial charge in [0.25, 0.3) is 5.91 Å². The SMILES string of the molecule is CC1/C=C(/c2cc(C(=O)N3CCC(O)(COc4ccc(F)cc4)CC3)ccc2N)CCCC/C=N\N1. The van der Waals surface area contributed by atoms with Crippen LogP contribution in [0.5, 0.6) is 5.75 Å². The smallest absolute Gasteiger partial charge is 0.253 e. The molecule has 7 nitrogen and oxygen atoms in total. The van der Waals surface area contributed by atoms with E-state index in [2.05, 4.69) is 16.6 Å². The van der Waals surface area contributed by atoms with Gasteiger partial charge in [0.15, 0.2) is 0 Å². The van der Waals surface area contributed by atoms with Crippen LogP contribution in [0.1, 0.15) is 61.4 Å². The first-order valence-corrected chi connectivity index (χ1v) is 12.6. The zero-order chi connectivity index (χ0) is 25.5. The Morgan fingerprint density at radius 2 is 1.97 bits per heavy atom. The number of amides is 1. The van der Waals surface area contributed by atoms with Crippen LogP contribution in [-0.4, -0.2) is 53.5 Å². The molecule has 4 N–H and O–H groups in total. The molecule has 0 saturated carbocycles. The molecule has 1 amide bonds. The van der Waals surface area contributed by atoms with E-state index in [1.54, 1.807) is 17.0 Å². The predicted octanol–water partition coefficient (Wildman–Crippen LogP) is 4.38. The molecular formula is C28H35FN4O3. The molecule has 1 fully saturated rings. The van der Waals surface area contributed by atoms with E-state index in [-0.39, 0.29) is 24.4 Å². The molecular weight excluding hydrogens is 459 g/mol. The summed E-state index contributed by atoms with van der Waals surface area (Å²) < 4.78 is 18.8. The van der Waals surface area contributed by atoms with Crippen molar-refractivity contribution in [2.45, 2.75) is 57.1 Å². The third-order valence-electron chi connectivity index (χ3n) is 6.80. The summed E-state index contributed by atoms with van der Waals surface area (Å²) in [6.07, 6.45) is 8.71. The van der Waals surface area contributed by atoms with Gasteiger partial charge >= 0.3 is 0 Å². The van der Waals surface area contributed by atoms with Crippen molar-refractivity contribution in [2.24, 2.45) is 5.10 Å². The number of ether oxygens (including phenoxy) is 1. The lowest BCUT2D eigenvalue weighted by Crippen LogP contribution is -2.49. The summed E-state index contributed by atoms with van der Waals surface area (Å²) in [5.74, 6) is 0.0914. The highest BCUT2D eigenvalue weighted by Gasteiger charge is 2.35. The monoisotopic (exact) mass is 494 g/mol. The molecule has 8 heteroatoms. The Kier molecular flexibility index (Phi) is 8.25. The number of hydrogen-bond acceptors (Lipinski definition) is 6. The number of benzene rings is 2. The summed E-state index contributed by atoms with van der Waals surface area (Å²) in [5.41, 5.74) is 11.7. The number of hydrogen-bond donors (Lipinski definition) is 3. The fourth-order valence-electron chi connectivity index (χ4n) is 4.60. The maximum atomic E-state index is 13.3. The molecule has 1 atom stereocenters. The number of rotatable bonds is 5. The van der Waals surface area contributed by atoms with Gasteiger partial charge in [-0.15, -0.1) is 0 Å². The number of halogens is 1. The highest BCUT2D eigenvalue weighted by atomic mass is 19.1. The number of nitrogens with two attached hydrogens (primary N) is 1. The molecule has 0 bridgehead atoms. The number of carbonyl (C=O) groups excluding carboxylic acids is 1. The number of nitrogen functional groups attached to an aromatic ring is 1. The van der Waals surface area contributed by atoms with Crippen LogP contribution in [0.2, 0.25) is 0 Å². The van der Waals surface area contributed by atoms with Crippen LogP contribution in [0.4, 0.5) is 10.1 Å². The Hall–Kier alpha value is -3.39. The summed E-state index contributed by atoms with van der Waals surface area (Å²) in [5, 5.41) is 15.2. The summed E-state index contributed by atoms with van der Waals surface area (Å²) >= 11 is 0. The number of anilines is 1. The maximum Gasteiger partial charge on any atom is 0.253 e. The summed E-state index contributed by atoms with van der Waals surface area (Å²) in [4.78, 5) is 15.1. The first kappa shape index (κ1) is 25.7. The quantitative estimate of drug-likeness (QED) is 0.536. The van der Waals surface area contributed by atoms with E-state index in [4.69, 9.17) is 10.5 Å². The molecule has 2 aromatic rings. The lowest BCUT2D eigenvalue weighted by Gasteiger charge is -2.38. The van der Waals surface area contributed by atoms with Gasteiger partial charge in [-0.1, -0.05) is 6.08 Å². The van der Waals surface area contributed by atoms with Crippen molar-refractivity contribution in [3.8, 4) is 5.75 Å². The van der Waals surface area contributed by atoms with Crippen molar-refractivity contribution in [3.63, 3.8) is 0 Å². The first-order valence-electron chi connectivity index (χ1n) is 12.6. The average molecular weight is 495 g/mol. The standard InChI is InChI=1S/C28H35FN4O3/c1-20-17-21(5-3-2-4-14-31-32-20)25-18-22(6-11-26(25)30)27(34)33-15-12-28(35,13-16-33)19-36-24-9-7-23(29)8-10-24/h6-11,14,17-18,20,32,35H,2-5,12-13,15-16,19,30H2,1H3/b21-17+,31-14-. The predicted molar refractivity (Wildman–Crippen MR) is 140 cm³/mol. The minimum atomic E-state index is -1.04. The lowest BCUT2D eigenvalue weighted by molar-refractivity contribution is -0.0475. The van der Waals surface area contributed by atoms with Gasteiger partial charge in [-0.2, -0.15) is 5.10 Å². The summed E-state index contributed by atoms with van der Waals surface area (Å²) in [6.45, 7) is 2.98. The van der Waals surface area contributed by atoms with Crippen molar-refractivity contribution in [1.82, 2.24) is 10.3 Å². The van der Waals surface area contributed by atoms with E-state index in [1.807, 2.05) is 19.2 Å². The second kappa shape index (κ2) is 11.6. The Bertz CT molecular complexity index is 1110. The number of nitrogens with one attached hydrogen (secondary N) is 1. The van der Waals surface area contributed by atoms with Crippen molar-refractivity contribution in [2.75, 3.05) is 25.4 Å². The Morgan fingerprint density at radius 1 is 1.22 bits per heavy atom. The van der Waals surface area contributed by atoms with Crippen molar-refractivity contribution in [1.29, 1.82) is 0 Å². The fourth-order valence-corrected chi connectivity index (χ4v) is 4.60. The van der Waals surface area contributed by atoms with Gasteiger partial charge in [0.05, 0.1) is 6.04 Å². The van der Waals surface area contributed by atoms with Crippen LogP contribution in [0.3, 0.4) is 0 Å². The van der Waals surface area contributed by atoms with E-state index in [1.165, 1.54) is 24.3 Å². The molecule has 36 heavy (non-hydrogen) atoms. The number of likely N-dealkylation sites (tertiary alicyclic amines) is 1. The zero-order valence-electron chi connectivity index (χ0n) is 20.8. The highest BCUT2D eigenvalue weighted by molar-refractivity contribution is 5.96. The van der Waals surface area contributed by atoms with Crippen LogP contribution in [0.25, 0.3) is 5.57 Å². The number of piperidine rings is 1. The van der Waals surface area contributed by atoms with E-state index >= 15 is 0 Å². The molecule has 2 heterocycles. The maximum absolute atomic E-state index is 13.3. The third-order valence-corrected chi connectivity index (χ3v) is 6.80. The van der Waals surface area contributed by atoms with Gasteiger partial charge in [0, 0.05) is 36.1 Å². The molecule has 1 saturated heterocycles. The molecule has 0 aromatic heterocycles. The van der Waals surface area contributed by atoms with Gasteiger partial charge in [-0.25, -0.2) is 4.39 Å². The van der Waals surface area contributed by atoms with Gasteiger partial charge in [0.1, 0.15) is 23.8 Å². The number of hydrazone groups is 1. The van der Waals surface area contributed by atoms with Crippen molar-refractivity contribution >= 4 is 23.4 Å². The Balaban J connectivity index is 1.41. The normalized spacial score (nSPS) is 22.6. The topological polar surface area (TPSA) is 100 Å². The van der Waals surface area contributed by atoms with Crippen LogP contribution >= 0.6 is 0 Å². The number of allylic oxidation sites excluding steroid dienone is 1. The van der Waals surface area contributed by atoms with Crippen LogP contribution in [-0.2, 0) is 0 Å². The minimum absolute atomic E-state index is 0.0463. The van der Waals surface area contributed by atoms with Gasteiger partial charge in [-0.05, 0) is 93.5 Å². The van der Waals surface area contributed by atoms with Gasteiger partial charge in [-0.3, -0.25) is 4.79 Å². The van der Waals surface area contributed by atoms with Crippen molar-refractivity contribution < 1.29 is 19.0 Å². The molecule has 1 unspecified atom stereocenters. The average Bonchev–Trinajstić information content (AvgIpc) is 2.88. The molecule has 2 aliphatic rings. The molecule has 2 aliphatic heterocycles. The number of carbonyl (C=O) groups is 1. The second-order valence-corrected chi connectivity index (χ2v) is 9.73. The second-order valence-electron chi connectivity index (χ2n) is 9.73.